The van der Waals surface area contributed by atoms with Gasteiger partial charge in [0.2, 0.25) is 0 Å². The lowest BCUT2D eigenvalue weighted by molar-refractivity contribution is -0.188. The SMILES string of the molecule is CC1(C)[C@H](O)CC[C@@]2(C)[C@H]1CC[C@@]1(O)COC(=O)[C@@H]12. The van der Waals surface area contributed by atoms with Gasteiger partial charge in [0.1, 0.15) is 12.2 Å². The second kappa shape index (κ2) is 3.73. The van der Waals surface area contributed by atoms with E-state index in [1.807, 2.05) is 0 Å². The fourth-order valence-electron chi connectivity index (χ4n) is 5.20. The van der Waals surface area contributed by atoms with Crippen LogP contribution in [0.25, 0.3) is 0 Å². The first-order chi connectivity index (χ1) is 8.72. The lowest BCUT2D eigenvalue weighted by Crippen LogP contribution is -2.61. The van der Waals surface area contributed by atoms with E-state index in [-0.39, 0.29) is 35.4 Å². The van der Waals surface area contributed by atoms with Crippen LogP contribution in [0.3, 0.4) is 0 Å². The lowest BCUT2D eigenvalue weighted by atomic mass is 9.45. The molecule has 2 N–H and O–H groups in total. The molecule has 0 radical (unpaired) electrons. The van der Waals surface area contributed by atoms with E-state index in [2.05, 4.69) is 20.8 Å². The summed E-state index contributed by atoms with van der Waals surface area (Å²) in [7, 11) is 0. The summed E-state index contributed by atoms with van der Waals surface area (Å²) in [6.45, 7) is 6.42. The van der Waals surface area contributed by atoms with Crippen LogP contribution in [-0.4, -0.2) is 34.5 Å². The van der Waals surface area contributed by atoms with Crippen LogP contribution >= 0.6 is 0 Å². The van der Waals surface area contributed by atoms with Crippen molar-refractivity contribution in [3.05, 3.63) is 0 Å². The van der Waals surface area contributed by atoms with Crippen molar-refractivity contribution >= 4 is 5.97 Å². The predicted octanol–water partition coefficient (Wildman–Crippen LogP) is 1.49. The highest BCUT2D eigenvalue weighted by atomic mass is 16.6. The Hall–Kier alpha value is -0.610. The third-order valence-electron chi connectivity index (χ3n) is 6.27. The van der Waals surface area contributed by atoms with Crippen LogP contribution in [0.2, 0.25) is 0 Å². The third-order valence-corrected chi connectivity index (χ3v) is 6.27. The third kappa shape index (κ3) is 1.56. The van der Waals surface area contributed by atoms with Gasteiger partial charge in [-0.05, 0) is 42.4 Å². The Morgan fingerprint density at radius 1 is 1.21 bits per heavy atom. The van der Waals surface area contributed by atoms with E-state index in [1.165, 1.54) is 0 Å². The molecule has 3 rings (SSSR count). The van der Waals surface area contributed by atoms with E-state index in [9.17, 15) is 15.0 Å². The number of fused-ring (bicyclic) bond motifs is 3. The number of ether oxygens (including phenoxy) is 1. The van der Waals surface area contributed by atoms with Crippen molar-refractivity contribution in [2.75, 3.05) is 6.61 Å². The fourth-order valence-corrected chi connectivity index (χ4v) is 5.20. The van der Waals surface area contributed by atoms with Crippen molar-refractivity contribution in [2.24, 2.45) is 22.7 Å². The Balaban J connectivity index is 2.04. The Morgan fingerprint density at radius 2 is 1.89 bits per heavy atom. The molecule has 4 nitrogen and oxygen atoms in total. The summed E-state index contributed by atoms with van der Waals surface area (Å²) in [4.78, 5) is 12.1. The Labute approximate surface area is 114 Å². The van der Waals surface area contributed by atoms with E-state index in [1.54, 1.807) is 0 Å². The summed E-state index contributed by atoms with van der Waals surface area (Å²) in [6.07, 6.45) is 2.60. The van der Waals surface area contributed by atoms with Gasteiger partial charge in [-0.2, -0.15) is 0 Å². The number of cyclic esters (lactones) is 1. The molecule has 0 aromatic heterocycles. The molecule has 4 heteroatoms. The standard InChI is InChI=1S/C15H24O4/c1-13(2)9-4-7-15(18)8-19-12(17)11(15)14(9,3)6-5-10(13)16/h9-11,16,18H,4-8H2,1-3H3/t9-,10+,11+,14-,15+/m0/s1. The quantitative estimate of drug-likeness (QED) is 0.653. The van der Waals surface area contributed by atoms with Crippen molar-refractivity contribution < 1.29 is 19.7 Å². The average Bonchev–Trinajstić information content (AvgIpc) is 2.62. The van der Waals surface area contributed by atoms with E-state index in [0.717, 1.165) is 12.8 Å². The van der Waals surface area contributed by atoms with Gasteiger partial charge in [0.05, 0.1) is 12.0 Å². The molecule has 0 spiro atoms. The molecular weight excluding hydrogens is 244 g/mol. The molecule has 0 aromatic carbocycles. The van der Waals surface area contributed by atoms with Gasteiger partial charge in [-0.3, -0.25) is 4.79 Å². The maximum absolute atomic E-state index is 12.1. The van der Waals surface area contributed by atoms with Crippen molar-refractivity contribution in [3.8, 4) is 0 Å². The molecule has 0 unspecified atom stereocenters. The maximum Gasteiger partial charge on any atom is 0.312 e. The number of hydrogen-bond acceptors (Lipinski definition) is 4. The van der Waals surface area contributed by atoms with Crippen molar-refractivity contribution in [1.29, 1.82) is 0 Å². The summed E-state index contributed by atoms with van der Waals surface area (Å²) in [5.74, 6) is -0.424. The first-order valence-electron chi connectivity index (χ1n) is 7.29. The van der Waals surface area contributed by atoms with E-state index < -0.39 is 11.5 Å². The minimum atomic E-state index is -0.985. The summed E-state index contributed by atoms with van der Waals surface area (Å²) >= 11 is 0. The van der Waals surface area contributed by atoms with Gasteiger partial charge >= 0.3 is 5.97 Å². The second-order valence-electron chi connectivity index (χ2n) is 7.62. The second-order valence-corrected chi connectivity index (χ2v) is 7.62. The van der Waals surface area contributed by atoms with Crippen LogP contribution in [0.5, 0.6) is 0 Å². The molecule has 108 valence electrons. The van der Waals surface area contributed by atoms with Crippen molar-refractivity contribution in [1.82, 2.24) is 0 Å². The van der Waals surface area contributed by atoms with Crippen LogP contribution in [-0.2, 0) is 9.53 Å². The highest BCUT2D eigenvalue weighted by molar-refractivity contribution is 5.77. The first-order valence-corrected chi connectivity index (χ1v) is 7.29. The van der Waals surface area contributed by atoms with Gasteiger partial charge < -0.3 is 14.9 Å². The molecule has 19 heavy (non-hydrogen) atoms. The number of carbonyl (C=O) groups is 1. The zero-order valence-electron chi connectivity index (χ0n) is 12.0. The molecule has 3 fully saturated rings. The molecule has 0 amide bonds. The molecule has 1 saturated heterocycles. The van der Waals surface area contributed by atoms with Gasteiger partial charge in [0.25, 0.3) is 0 Å². The number of aliphatic hydroxyl groups is 2. The zero-order valence-corrected chi connectivity index (χ0v) is 12.0. The Bertz CT molecular complexity index is 418. The summed E-state index contributed by atoms with van der Waals surface area (Å²) in [6, 6.07) is 0. The molecule has 2 saturated carbocycles. The summed E-state index contributed by atoms with van der Waals surface area (Å²) in [5.41, 5.74) is -1.46. The zero-order chi connectivity index (χ0) is 14.1. The van der Waals surface area contributed by atoms with Crippen LogP contribution in [0.1, 0.15) is 46.5 Å². The van der Waals surface area contributed by atoms with Crippen LogP contribution in [0.15, 0.2) is 0 Å². The van der Waals surface area contributed by atoms with Crippen LogP contribution in [0.4, 0.5) is 0 Å². The molecule has 5 atom stereocenters. The monoisotopic (exact) mass is 268 g/mol. The Morgan fingerprint density at radius 3 is 2.58 bits per heavy atom. The molecule has 1 heterocycles. The highest BCUT2D eigenvalue weighted by Gasteiger charge is 2.66. The molecular formula is C15H24O4. The number of carbonyl (C=O) groups excluding carboxylic acids is 1. The van der Waals surface area contributed by atoms with Crippen molar-refractivity contribution in [2.45, 2.75) is 58.2 Å². The predicted molar refractivity (Wildman–Crippen MR) is 69.3 cm³/mol. The maximum atomic E-state index is 12.1. The minimum absolute atomic E-state index is 0.141. The molecule has 1 aliphatic heterocycles. The number of hydrogen-bond donors (Lipinski definition) is 2. The topological polar surface area (TPSA) is 66.8 Å². The molecule has 3 aliphatic rings. The molecule has 2 aliphatic carbocycles. The normalized spacial score (nSPS) is 52.3. The Kier molecular flexibility index (Phi) is 2.63. The van der Waals surface area contributed by atoms with Crippen LogP contribution in [0, 0.1) is 22.7 Å². The number of aliphatic hydroxyl groups excluding tert-OH is 1. The fraction of sp³-hybridized carbons (Fsp3) is 0.933. The van der Waals surface area contributed by atoms with Gasteiger partial charge in [-0.25, -0.2) is 0 Å². The van der Waals surface area contributed by atoms with Crippen molar-refractivity contribution in [3.63, 3.8) is 0 Å². The van der Waals surface area contributed by atoms with E-state index >= 15 is 0 Å². The highest BCUT2D eigenvalue weighted by Crippen LogP contribution is 2.63. The first kappa shape index (κ1) is 13.4. The summed E-state index contributed by atoms with van der Waals surface area (Å²) in [5, 5.41) is 21.0. The minimum Gasteiger partial charge on any atom is -0.462 e. The molecule has 0 bridgehead atoms. The summed E-state index contributed by atoms with van der Waals surface area (Å²) < 4.78 is 5.16. The van der Waals surface area contributed by atoms with Gasteiger partial charge in [-0.15, -0.1) is 0 Å². The van der Waals surface area contributed by atoms with Gasteiger partial charge in [0.15, 0.2) is 0 Å². The van der Waals surface area contributed by atoms with E-state index in [0.29, 0.717) is 12.8 Å². The largest absolute Gasteiger partial charge is 0.462 e. The molecule has 0 aromatic rings. The van der Waals surface area contributed by atoms with E-state index in [4.69, 9.17) is 4.74 Å². The lowest BCUT2D eigenvalue weighted by Gasteiger charge is -2.59. The van der Waals surface area contributed by atoms with Gasteiger partial charge in [-0.1, -0.05) is 20.8 Å². The smallest absolute Gasteiger partial charge is 0.312 e. The number of rotatable bonds is 0. The van der Waals surface area contributed by atoms with Crippen LogP contribution < -0.4 is 0 Å². The number of esters is 1. The average molecular weight is 268 g/mol. The van der Waals surface area contributed by atoms with Gasteiger partial charge in [0, 0.05) is 0 Å².